The topological polar surface area (TPSA) is 0 Å². The fourth-order valence-corrected chi connectivity index (χ4v) is 1.20. The molecule has 0 bridgehead atoms. The zero-order valence-electron chi connectivity index (χ0n) is 9.91. The average Bonchev–Trinajstić information content (AvgIpc) is 1.59. The molecule has 0 saturated heterocycles. The molecule has 0 aromatic heterocycles. The Labute approximate surface area is 166 Å². The van der Waals surface area contributed by atoms with Gasteiger partial charge in [-0.05, 0) is 20.8 Å². The predicted octanol–water partition coefficient (Wildman–Crippen LogP) is 6.41. The van der Waals surface area contributed by atoms with Crippen molar-refractivity contribution in [2.45, 2.75) is 20.8 Å². The Morgan fingerprint density at radius 3 is 0.611 bits per heavy atom. The summed E-state index contributed by atoms with van der Waals surface area (Å²) in [5.74, 6) is 0. The maximum Gasteiger partial charge on any atom is -0.0398 e. The Morgan fingerprint density at radius 1 is 0.389 bits per heavy atom. The molecule has 1 rings (SSSR count). The smallest absolute Gasteiger partial charge is 0.0398 e. The molecule has 0 radical (unpaired) electrons. The van der Waals surface area contributed by atoms with Crippen LogP contribution in [0, 0.1) is 20.8 Å². The molecule has 0 spiro atoms. The second kappa shape index (κ2) is 31.3. The fraction of sp³-hybridized carbons (Fsp3) is 0.333. The molecule has 120 valence electrons. The minimum absolute atomic E-state index is 0. The lowest BCUT2D eigenvalue weighted by atomic mass is 10.1. The highest BCUT2D eigenvalue weighted by Gasteiger charge is 1.87. The van der Waals surface area contributed by atoms with Crippen molar-refractivity contribution in [3.63, 3.8) is 0 Å². The SMILES string of the molecule is Cc1cc(C)cc(C)c1.Cl.Cl.Cl.Cl.Cl.Cl.Cl.Cl.Cl. The van der Waals surface area contributed by atoms with Gasteiger partial charge in [0.1, 0.15) is 0 Å². The van der Waals surface area contributed by atoms with E-state index in [4.69, 9.17) is 0 Å². The van der Waals surface area contributed by atoms with Gasteiger partial charge >= 0.3 is 0 Å². The van der Waals surface area contributed by atoms with E-state index in [0.717, 1.165) is 0 Å². The lowest BCUT2D eigenvalue weighted by Crippen LogP contribution is -1.78. The lowest BCUT2D eigenvalue weighted by molar-refractivity contribution is 1.32. The van der Waals surface area contributed by atoms with Crippen molar-refractivity contribution < 1.29 is 0 Å². The third-order valence-electron chi connectivity index (χ3n) is 1.37. The quantitative estimate of drug-likeness (QED) is 0.431. The Bertz CT molecular complexity index is 179. The Balaban J connectivity index is -0.0000000129. The molecule has 0 aliphatic heterocycles. The van der Waals surface area contributed by atoms with E-state index in [1.54, 1.807) is 0 Å². The van der Waals surface area contributed by atoms with Crippen molar-refractivity contribution in [1.82, 2.24) is 0 Å². The van der Waals surface area contributed by atoms with Crippen LogP contribution >= 0.6 is 112 Å². The molecule has 1 aromatic carbocycles. The van der Waals surface area contributed by atoms with Crippen LogP contribution < -0.4 is 0 Å². The van der Waals surface area contributed by atoms with Crippen LogP contribution in [-0.4, -0.2) is 0 Å². The number of halogens is 9. The van der Waals surface area contributed by atoms with E-state index < -0.39 is 0 Å². The monoisotopic (exact) mass is 444 g/mol. The fourth-order valence-electron chi connectivity index (χ4n) is 1.20. The van der Waals surface area contributed by atoms with Crippen molar-refractivity contribution in [2.75, 3.05) is 0 Å². The van der Waals surface area contributed by atoms with Crippen molar-refractivity contribution >= 4 is 112 Å². The van der Waals surface area contributed by atoms with E-state index in [1.807, 2.05) is 0 Å². The largest absolute Gasteiger partial charge is 0.147 e. The van der Waals surface area contributed by atoms with E-state index in [9.17, 15) is 0 Å². The molecule has 0 N–H and O–H groups in total. The van der Waals surface area contributed by atoms with Gasteiger partial charge in [0, 0.05) is 0 Å². The van der Waals surface area contributed by atoms with E-state index in [0.29, 0.717) is 0 Å². The zero-order chi connectivity index (χ0) is 6.85. The summed E-state index contributed by atoms with van der Waals surface area (Å²) in [6.07, 6.45) is 0. The predicted molar refractivity (Wildman–Crippen MR) is 106 cm³/mol. The van der Waals surface area contributed by atoms with Crippen molar-refractivity contribution in [3.8, 4) is 0 Å². The zero-order valence-corrected chi connectivity index (χ0v) is 17.3. The Morgan fingerprint density at radius 2 is 0.500 bits per heavy atom. The molecule has 0 aliphatic rings. The van der Waals surface area contributed by atoms with E-state index >= 15 is 0 Å². The molecule has 0 aliphatic carbocycles. The number of benzene rings is 1. The van der Waals surface area contributed by atoms with Crippen LogP contribution in [-0.2, 0) is 0 Å². The molecule has 0 nitrogen and oxygen atoms in total. The van der Waals surface area contributed by atoms with Crippen LogP contribution in [0.4, 0.5) is 0 Å². The summed E-state index contributed by atoms with van der Waals surface area (Å²) in [7, 11) is 0. The molecule has 9 heteroatoms. The van der Waals surface area contributed by atoms with Crippen LogP contribution in [0.5, 0.6) is 0 Å². The molecule has 0 unspecified atom stereocenters. The van der Waals surface area contributed by atoms with Crippen LogP contribution in [0.15, 0.2) is 18.2 Å². The van der Waals surface area contributed by atoms with Crippen LogP contribution in [0.2, 0.25) is 0 Å². The Kier molecular flexibility index (Phi) is 104. The summed E-state index contributed by atoms with van der Waals surface area (Å²) in [5, 5.41) is 0. The first kappa shape index (κ1) is 59.9. The van der Waals surface area contributed by atoms with Crippen molar-refractivity contribution in [1.29, 1.82) is 0 Å². The van der Waals surface area contributed by atoms with E-state index in [2.05, 4.69) is 39.0 Å². The van der Waals surface area contributed by atoms with Gasteiger partial charge in [-0.25, -0.2) is 0 Å². The van der Waals surface area contributed by atoms with Crippen LogP contribution in [0.25, 0.3) is 0 Å². The molecule has 0 amide bonds. The van der Waals surface area contributed by atoms with Crippen molar-refractivity contribution in [2.24, 2.45) is 0 Å². The third kappa shape index (κ3) is 26.4. The minimum Gasteiger partial charge on any atom is -0.147 e. The normalized spacial score (nSPS) is 4.83. The molecule has 1 aromatic rings. The average molecular weight is 448 g/mol. The summed E-state index contributed by atoms with van der Waals surface area (Å²) in [6.45, 7) is 6.38. The summed E-state index contributed by atoms with van der Waals surface area (Å²) in [6, 6.07) is 6.56. The van der Waals surface area contributed by atoms with Crippen LogP contribution in [0.1, 0.15) is 16.7 Å². The van der Waals surface area contributed by atoms with E-state index in [1.165, 1.54) is 16.7 Å². The number of hydrogen-bond acceptors (Lipinski definition) is 0. The van der Waals surface area contributed by atoms with Gasteiger partial charge in [-0.2, -0.15) is 0 Å². The molecular formula is C9H21Cl9. The first-order chi connectivity index (χ1) is 4.18. The molecule has 0 atom stereocenters. The first-order valence-electron chi connectivity index (χ1n) is 3.23. The number of rotatable bonds is 0. The highest BCUT2D eigenvalue weighted by Crippen LogP contribution is 2.06. The molecular weight excluding hydrogens is 427 g/mol. The van der Waals surface area contributed by atoms with E-state index in [-0.39, 0.29) is 112 Å². The van der Waals surface area contributed by atoms with Gasteiger partial charge in [-0.3, -0.25) is 0 Å². The standard InChI is InChI=1S/C9H12.9ClH/c1-7-4-8(2)6-9(3)5-7;;;;;;;;;/h4-6H,1-3H3;9*1H. The molecule has 0 heterocycles. The highest BCUT2D eigenvalue weighted by molar-refractivity contribution is 5.86. The summed E-state index contributed by atoms with van der Waals surface area (Å²) in [5.41, 5.74) is 4.06. The summed E-state index contributed by atoms with van der Waals surface area (Å²) >= 11 is 0. The molecule has 0 fully saturated rings. The van der Waals surface area contributed by atoms with Gasteiger partial charge in [0.25, 0.3) is 0 Å². The summed E-state index contributed by atoms with van der Waals surface area (Å²) < 4.78 is 0. The first-order valence-corrected chi connectivity index (χ1v) is 3.23. The Hall–Kier alpha value is 1.83. The van der Waals surface area contributed by atoms with Crippen molar-refractivity contribution in [3.05, 3.63) is 34.9 Å². The number of hydrogen-bond donors (Lipinski definition) is 0. The second-order valence-electron chi connectivity index (χ2n) is 2.67. The highest BCUT2D eigenvalue weighted by atomic mass is 35.5. The van der Waals surface area contributed by atoms with Gasteiger partial charge in [0.05, 0.1) is 0 Å². The summed E-state index contributed by atoms with van der Waals surface area (Å²) in [4.78, 5) is 0. The maximum absolute atomic E-state index is 2.19. The van der Waals surface area contributed by atoms with Gasteiger partial charge in [-0.15, -0.1) is 112 Å². The van der Waals surface area contributed by atoms with Gasteiger partial charge < -0.3 is 0 Å². The van der Waals surface area contributed by atoms with Crippen LogP contribution in [0.3, 0.4) is 0 Å². The molecule has 0 saturated carbocycles. The van der Waals surface area contributed by atoms with Gasteiger partial charge in [-0.1, -0.05) is 34.9 Å². The molecule has 18 heavy (non-hydrogen) atoms. The maximum atomic E-state index is 2.19. The number of aryl methyl sites for hydroxylation is 3. The van der Waals surface area contributed by atoms with Gasteiger partial charge in [0.2, 0.25) is 0 Å². The minimum atomic E-state index is 0. The van der Waals surface area contributed by atoms with Gasteiger partial charge in [0.15, 0.2) is 0 Å². The lowest BCUT2D eigenvalue weighted by Gasteiger charge is -1.96. The third-order valence-corrected chi connectivity index (χ3v) is 1.37. The second-order valence-corrected chi connectivity index (χ2v) is 2.67.